The molecule has 0 aliphatic heterocycles. The average molecular weight is 372 g/mol. The number of halogens is 1. The van der Waals surface area contributed by atoms with Gasteiger partial charge in [-0.3, -0.25) is 0 Å². The number of pyridine rings is 1. The highest BCUT2D eigenvalue weighted by Crippen LogP contribution is 2.23. The molecule has 0 aromatic carbocycles. The molecule has 19 heavy (non-hydrogen) atoms. The van der Waals surface area contributed by atoms with Crippen molar-refractivity contribution in [1.29, 1.82) is 0 Å². The number of ether oxygens (including phenoxy) is 1. The highest BCUT2D eigenvalue weighted by molar-refractivity contribution is 14.1. The van der Waals surface area contributed by atoms with Crippen molar-refractivity contribution in [2.75, 3.05) is 27.8 Å². The zero-order valence-electron chi connectivity index (χ0n) is 11.3. The van der Waals surface area contributed by atoms with Crippen LogP contribution in [0.4, 0.5) is 5.82 Å². The molecule has 0 fully saturated rings. The van der Waals surface area contributed by atoms with Gasteiger partial charge in [0.05, 0.1) is 22.0 Å². The van der Waals surface area contributed by atoms with E-state index in [1.54, 1.807) is 13.4 Å². The summed E-state index contributed by atoms with van der Waals surface area (Å²) < 4.78 is 8.41. The lowest BCUT2D eigenvalue weighted by Crippen LogP contribution is -2.07. The summed E-state index contributed by atoms with van der Waals surface area (Å²) in [5, 5.41) is 0. The number of methoxy groups -OCH3 is 1. The summed E-state index contributed by atoms with van der Waals surface area (Å²) in [6, 6.07) is 3.99. The summed E-state index contributed by atoms with van der Waals surface area (Å²) in [4.78, 5) is 10.8. The third-order valence-corrected chi connectivity index (χ3v) is 3.41. The summed E-state index contributed by atoms with van der Waals surface area (Å²) in [5.41, 5.74) is 2.11. The summed E-state index contributed by atoms with van der Waals surface area (Å²) in [6.07, 6.45) is 3.85. The van der Waals surface area contributed by atoms with Gasteiger partial charge in [-0.2, -0.15) is 0 Å². The summed E-state index contributed by atoms with van der Waals surface area (Å²) in [5.74, 6) is 0.726. The SMILES string of the molecule is COCCn1cc(I)c2nc(/N=C/N(C)C)ccc21. The molecule has 0 N–H and O–H groups in total. The van der Waals surface area contributed by atoms with Gasteiger partial charge in [-0.05, 0) is 34.7 Å². The van der Waals surface area contributed by atoms with E-state index < -0.39 is 0 Å². The maximum Gasteiger partial charge on any atom is 0.154 e. The van der Waals surface area contributed by atoms with Crippen molar-refractivity contribution in [3.05, 3.63) is 21.9 Å². The molecular formula is C13H17IN4O. The molecule has 0 aliphatic carbocycles. The Morgan fingerprint density at radius 1 is 1.47 bits per heavy atom. The van der Waals surface area contributed by atoms with E-state index in [1.165, 1.54) is 0 Å². The molecule has 0 saturated carbocycles. The quantitative estimate of drug-likeness (QED) is 0.460. The fraction of sp³-hybridized carbons (Fsp3) is 0.385. The Balaban J connectivity index is 2.35. The first-order chi connectivity index (χ1) is 9.11. The molecule has 0 atom stereocenters. The smallest absolute Gasteiger partial charge is 0.154 e. The van der Waals surface area contributed by atoms with Crippen LogP contribution in [0.2, 0.25) is 0 Å². The third kappa shape index (κ3) is 3.44. The molecule has 2 rings (SSSR count). The second-order valence-corrected chi connectivity index (χ2v) is 5.57. The van der Waals surface area contributed by atoms with Crippen LogP contribution in [-0.2, 0) is 11.3 Å². The fourth-order valence-electron chi connectivity index (χ4n) is 1.74. The summed E-state index contributed by atoms with van der Waals surface area (Å²) >= 11 is 2.30. The van der Waals surface area contributed by atoms with E-state index in [2.05, 4.69) is 49.4 Å². The molecule has 102 valence electrons. The first kappa shape index (κ1) is 14.3. The van der Waals surface area contributed by atoms with Crippen LogP contribution in [-0.4, -0.2) is 48.6 Å². The van der Waals surface area contributed by atoms with Crippen LogP contribution in [0.25, 0.3) is 11.0 Å². The minimum absolute atomic E-state index is 0.695. The highest BCUT2D eigenvalue weighted by Gasteiger charge is 2.08. The predicted molar refractivity (Wildman–Crippen MR) is 86.2 cm³/mol. The Labute approximate surface area is 126 Å². The Bertz CT molecular complexity index is 592. The van der Waals surface area contributed by atoms with Crippen molar-refractivity contribution < 1.29 is 4.74 Å². The molecule has 0 radical (unpaired) electrons. The monoisotopic (exact) mass is 372 g/mol. The second kappa shape index (κ2) is 6.33. The minimum atomic E-state index is 0.695. The van der Waals surface area contributed by atoms with Crippen molar-refractivity contribution in [1.82, 2.24) is 14.5 Å². The van der Waals surface area contributed by atoms with E-state index in [0.717, 1.165) is 27.0 Å². The van der Waals surface area contributed by atoms with Crippen molar-refractivity contribution >= 4 is 45.8 Å². The lowest BCUT2D eigenvalue weighted by molar-refractivity contribution is 0.188. The molecule has 2 heterocycles. The van der Waals surface area contributed by atoms with Crippen LogP contribution in [0.1, 0.15) is 0 Å². The Hall–Kier alpha value is -1.15. The maximum atomic E-state index is 5.12. The van der Waals surface area contributed by atoms with E-state index in [-0.39, 0.29) is 0 Å². The molecule has 0 aliphatic rings. The van der Waals surface area contributed by atoms with Gasteiger partial charge >= 0.3 is 0 Å². The predicted octanol–water partition coefficient (Wildman–Crippen LogP) is 2.51. The standard InChI is InChI=1S/C13H17IN4O/c1-17(2)9-15-12-5-4-11-13(16-12)10(14)8-18(11)6-7-19-3/h4-5,8-9H,6-7H2,1-3H3/b15-9+. The van der Waals surface area contributed by atoms with Crippen LogP contribution in [0.5, 0.6) is 0 Å². The zero-order chi connectivity index (χ0) is 13.8. The van der Waals surface area contributed by atoms with Crippen LogP contribution in [0.15, 0.2) is 23.3 Å². The van der Waals surface area contributed by atoms with E-state index in [4.69, 9.17) is 4.74 Å². The first-order valence-corrected chi connectivity index (χ1v) is 7.04. The van der Waals surface area contributed by atoms with Crippen LogP contribution < -0.4 is 0 Å². The molecule has 0 bridgehead atoms. The van der Waals surface area contributed by atoms with Crippen molar-refractivity contribution in [2.24, 2.45) is 4.99 Å². The lowest BCUT2D eigenvalue weighted by atomic mass is 10.3. The maximum absolute atomic E-state index is 5.12. The van der Waals surface area contributed by atoms with E-state index >= 15 is 0 Å². The molecule has 2 aromatic rings. The van der Waals surface area contributed by atoms with Gasteiger partial charge in [0.25, 0.3) is 0 Å². The number of aliphatic imine (C=N–C) groups is 1. The van der Waals surface area contributed by atoms with Gasteiger partial charge in [0, 0.05) is 33.9 Å². The van der Waals surface area contributed by atoms with Gasteiger partial charge in [0.2, 0.25) is 0 Å². The normalized spacial score (nSPS) is 11.6. The number of hydrogen-bond acceptors (Lipinski definition) is 3. The largest absolute Gasteiger partial charge is 0.383 e. The number of aromatic nitrogens is 2. The summed E-state index contributed by atoms with van der Waals surface area (Å²) in [6.45, 7) is 1.53. The minimum Gasteiger partial charge on any atom is -0.383 e. The van der Waals surface area contributed by atoms with Gasteiger partial charge in [0.1, 0.15) is 5.52 Å². The van der Waals surface area contributed by atoms with Gasteiger partial charge in [-0.25, -0.2) is 9.98 Å². The number of hydrogen-bond donors (Lipinski definition) is 0. The van der Waals surface area contributed by atoms with Gasteiger partial charge in [-0.1, -0.05) is 0 Å². The van der Waals surface area contributed by atoms with Crippen LogP contribution in [0, 0.1) is 3.57 Å². The Kier molecular flexibility index (Phi) is 4.76. The fourth-order valence-corrected chi connectivity index (χ4v) is 2.47. The van der Waals surface area contributed by atoms with E-state index in [9.17, 15) is 0 Å². The lowest BCUT2D eigenvalue weighted by Gasteiger charge is -2.04. The molecular weight excluding hydrogens is 355 g/mol. The van der Waals surface area contributed by atoms with Crippen LogP contribution >= 0.6 is 22.6 Å². The molecule has 0 saturated heterocycles. The molecule has 0 spiro atoms. The summed E-state index contributed by atoms with van der Waals surface area (Å²) in [7, 11) is 5.59. The molecule has 2 aromatic heterocycles. The number of nitrogens with zero attached hydrogens (tertiary/aromatic N) is 4. The number of rotatable bonds is 5. The Morgan fingerprint density at radius 3 is 2.95 bits per heavy atom. The third-order valence-electron chi connectivity index (χ3n) is 2.62. The van der Waals surface area contributed by atoms with Gasteiger partial charge in [-0.15, -0.1) is 0 Å². The molecule has 0 unspecified atom stereocenters. The van der Waals surface area contributed by atoms with Crippen molar-refractivity contribution in [3.8, 4) is 0 Å². The first-order valence-electron chi connectivity index (χ1n) is 5.96. The van der Waals surface area contributed by atoms with Gasteiger partial charge < -0.3 is 14.2 Å². The average Bonchev–Trinajstić information content (AvgIpc) is 2.70. The van der Waals surface area contributed by atoms with Crippen molar-refractivity contribution in [2.45, 2.75) is 6.54 Å². The van der Waals surface area contributed by atoms with E-state index in [1.807, 2.05) is 25.1 Å². The molecule has 0 amide bonds. The topological polar surface area (TPSA) is 42.6 Å². The zero-order valence-corrected chi connectivity index (χ0v) is 13.5. The van der Waals surface area contributed by atoms with Crippen molar-refractivity contribution in [3.63, 3.8) is 0 Å². The highest BCUT2D eigenvalue weighted by atomic mass is 127. The van der Waals surface area contributed by atoms with Gasteiger partial charge in [0.15, 0.2) is 5.82 Å². The Morgan fingerprint density at radius 2 is 2.26 bits per heavy atom. The van der Waals surface area contributed by atoms with E-state index in [0.29, 0.717) is 6.61 Å². The molecule has 5 nitrogen and oxygen atoms in total. The number of fused-ring (bicyclic) bond motifs is 1. The molecule has 6 heteroatoms. The second-order valence-electron chi connectivity index (χ2n) is 4.41. The van der Waals surface area contributed by atoms with Crippen LogP contribution in [0.3, 0.4) is 0 Å².